The average Bonchev–Trinajstić information content (AvgIpc) is 3.06. The first-order valence-electron chi connectivity index (χ1n) is 15.7. The summed E-state index contributed by atoms with van der Waals surface area (Å²) in [5.74, 6) is 0.233. The molecule has 242 valence electrons. The van der Waals surface area contributed by atoms with Crippen molar-refractivity contribution in [2.75, 3.05) is 30.4 Å². The van der Waals surface area contributed by atoms with Crippen molar-refractivity contribution < 1.29 is 9.18 Å². The van der Waals surface area contributed by atoms with Crippen LogP contribution >= 0.6 is 11.9 Å². The molecule has 0 bridgehead atoms. The van der Waals surface area contributed by atoms with Crippen LogP contribution < -0.4 is 15.8 Å². The largest absolute Gasteiger partial charge is 0.379 e. The maximum atomic E-state index is 14.1. The summed E-state index contributed by atoms with van der Waals surface area (Å²) < 4.78 is 15.9. The van der Waals surface area contributed by atoms with E-state index in [4.69, 9.17) is 5.26 Å². The molecule has 2 aromatic carbocycles. The van der Waals surface area contributed by atoms with Crippen LogP contribution in [0.2, 0.25) is 0 Å². The predicted octanol–water partition coefficient (Wildman–Crippen LogP) is 7.05. The minimum atomic E-state index is -0.456. The van der Waals surface area contributed by atoms with Gasteiger partial charge in [-0.25, -0.2) is 13.8 Å². The molecule has 0 amide bonds. The number of nitriles is 1. The van der Waals surface area contributed by atoms with E-state index in [0.29, 0.717) is 22.7 Å². The summed E-state index contributed by atoms with van der Waals surface area (Å²) in [6.45, 7) is 7.31. The lowest BCUT2D eigenvalue weighted by atomic mass is 9.85. The van der Waals surface area contributed by atoms with Crippen molar-refractivity contribution in [3.8, 4) is 6.07 Å². The van der Waals surface area contributed by atoms with Crippen molar-refractivity contribution in [1.82, 2.24) is 19.5 Å². The van der Waals surface area contributed by atoms with E-state index in [-0.39, 0.29) is 29.4 Å². The Labute approximate surface area is 274 Å². The summed E-state index contributed by atoms with van der Waals surface area (Å²) in [4.78, 5) is 29.7. The van der Waals surface area contributed by atoms with Crippen LogP contribution in [0.4, 0.5) is 15.8 Å². The number of hydrogen-bond acceptors (Lipinski definition) is 9. The number of hydrogen-bond donors (Lipinski definition) is 2. The number of anilines is 2. The summed E-state index contributed by atoms with van der Waals surface area (Å²) in [5.41, 5.74) is 3.82. The summed E-state index contributed by atoms with van der Waals surface area (Å²) in [7, 11) is 2.04. The first kappa shape index (κ1) is 34.6. The molecule has 4 aromatic rings. The van der Waals surface area contributed by atoms with Crippen molar-refractivity contribution in [3.63, 3.8) is 0 Å². The van der Waals surface area contributed by atoms with Gasteiger partial charge in [-0.2, -0.15) is 10.4 Å². The van der Waals surface area contributed by atoms with Gasteiger partial charge >= 0.3 is 0 Å². The Balaban J connectivity index is 0.000000217. The van der Waals surface area contributed by atoms with Crippen LogP contribution in [0.25, 0.3) is 10.8 Å². The van der Waals surface area contributed by atoms with Crippen LogP contribution in [0.3, 0.4) is 0 Å². The Hall–Kier alpha value is -4.27. The number of nitrogens with zero attached hydrogens (tertiary/aromatic N) is 5. The molecule has 2 heterocycles. The van der Waals surface area contributed by atoms with Gasteiger partial charge in [-0.05, 0) is 86.5 Å². The fraction of sp³-hybridized carbons (Fsp3) is 0.400. The number of aromatic nitrogens is 3. The molecule has 0 unspecified atom stereocenters. The van der Waals surface area contributed by atoms with Gasteiger partial charge in [-0.15, -0.1) is 0 Å². The van der Waals surface area contributed by atoms with E-state index in [1.54, 1.807) is 16.6 Å². The summed E-state index contributed by atoms with van der Waals surface area (Å²) in [6, 6.07) is 15.3. The Kier molecular flexibility index (Phi) is 12.7. The number of carbonyl (C=O) groups excluding carboxylic acids is 1. The highest BCUT2D eigenvalue weighted by Gasteiger charge is 2.16. The first-order valence-corrected chi connectivity index (χ1v) is 16.5. The van der Waals surface area contributed by atoms with Gasteiger partial charge in [0.15, 0.2) is 0 Å². The molecule has 5 rings (SSSR count). The third-order valence-corrected chi connectivity index (χ3v) is 9.01. The molecule has 0 radical (unpaired) electrons. The standard InChI is InChI=1S/C21H24N4O.C14H18FN3OS/c1-25(19-9-10-20-17(11-19)13-23-24-21(20)26)14-18-8-7-16(12-22-18)15-5-3-2-4-6-15;1-4-18(5-6-19)20-12-7-11(9-16)14(13(15)8-12)17-10(2)3/h7-13,15H,2-6,14H2,1H3,(H,24,26);6-8,10,17H,4-5H2,1-3H3. The monoisotopic (exact) mass is 643 g/mol. The number of halogens is 1. The third kappa shape index (κ3) is 9.37. The zero-order valence-electron chi connectivity index (χ0n) is 26.9. The molecule has 46 heavy (non-hydrogen) atoms. The molecular formula is C35H42FN7O2S. The molecule has 9 nitrogen and oxygen atoms in total. The number of nitrogens with one attached hydrogen (secondary N) is 2. The van der Waals surface area contributed by atoms with Crippen LogP contribution in [0.15, 0.2) is 64.5 Å². The molecule has 0 saturated heterocycles. The highest BCUT2D eigenvalue weighted by atomic mass is 32.2. The van der Waals surface area contributed by atoms with E-state index in [1.165, 1.54) is 55.7 Å². The van der Waals surface area contributed by atoms with Crippen LogP contribution in [0.1, 0.15) is 75.6 Å². The predicted molar refractivity (Wildman–Crippen MR) is 184 cm³/mol. The fourth-order valence-corrected chi connectivity index (χ4v) is 6.37. The van der Waals surface area contributed by atoms with Gasteiger partial charge in [0.25, 0.3) is 5.56 Å². The van der Waals surface area contributed by atoms with Crippen LogP contribution in [0, 0.1) is 17.1 Å². The van der Waals surface area contributed by atoms with Gasteiger partial charge in [-0.1, -0.05) is 32.3 Å². The first-order chi connectivity index (χ1) is 22.2. The van der Waals surface area contributed by atoms with Crippen LogP contribution in [0.5, 0.6) is 0 Å². The minimum absolute atomic E-state index is 0.0392. The second-order valence-electron chi connectivity index (χ2n) is 11.7. The van der Waals surface area contributed by atoms with Gasteiger partial charge in [-0.3, -0.25) is 9.78 Å². The van der Waals surface area contributed by atoms with Crippen molar-refractivity contribution in [3.05, 3.63) is 87.9 Å². The number of H-pyrrole nitrogens is 1. The quantitative estimate of drug-likeness (QED) is 0.131. The molecule has 1 saturated carbocycles. The number of benzene rings is 2. The molecule has 0 aliphatic heterocycles. The molecule has 1 fully saturated rings. The maximum Gasteiger partial charge on any atom is 0.272 e. The third-order valence-electron chi connectivity index (χ3n) is 7.90. The average molecular weight is 644 g/mol. The lowest BCUT2D eigenvalue weighted by Crippen LogP contribution is -2.17. The van der Waals surface area contributed by atoms with E-state index in [9.17, 15) is 14.0 Å². The molecule has 1 aliphatic carbocycles. The van der Waals surface area contributed by atoms with Crippen molar-refractivity contribution in [1.29, 1.82) is 5.26 Å². The second kappa shape index (κ2) is 16.9. The number of likely N-dealkylation sites (N-methyl/N-ethyl adjacent to an activating group) is 1. The summed E-state index contributed by atoms with van der Waals surface area (Å²) >= 11 is 1.27. The normalized spacial score (nSPS) is 13.3. The zero-order valence-corrected chi connectivity index (χ0v) is 27.7. The van der Waals surface area contributed by atoms with Crippen molar-refractivity contribution in [2.45, 2.75) is 76.3 Å². The lowest BCUT2D eigenvalue weighted by molar-refractivity contribution is -0.107. The number of aromatic amines is 1. The number of rotatable bonds is 11. The van der Waals surface area contributed by atoms with Crippen molar-refractivity contribution in [2.24, 2.45) is 0 Å². The van der Waals surface area contributed by atoms with E-state index in [0.717, 1.165) is 29.6 Å². The molecule has 2 N–H and O–H groups in total. The number of fused-ring (bicyclic) bond motifs is 1. The second-order valence-corrected chi connectivity index (χ2v) is 12.9. The summed E-state index contributed by atoms with van der Waals surface area (Å²) in [6.07, 6.45) is 11.2. The molecule has 0 spiro atoms. The van der Waals surface area contributed by atoms with Gasteiger partial charge in [0.05, 0.1) is 41.6 Å². The van der Waals surface area contributed by atoms with E-state index >= 15 is 0 Å². The van der Waals surface area contributed by atoms with Crippen molar-refractivity contribution >= 4 is 40.4 Å². The SMILES string of the molecule is CCN(CC=O)Sc1cc(F)c(NC(C)C)c(C#N)c1.CN(Cc1ccc(C2CCCCC2)cn1)c1ccc2c(=O)[nH]ncc2c1. The number of pyridine rings is 1. The van der Waals surface area contributed by atoms with Gasteiger partial charge < -0.3 is 15.0 Å². The lowest BCUT2D eigenvalue weighted by Gasteiger charge is -2.22. The molecule has 0 atom stereocenters. The summed E-state index contributed by atoms with van der Waals surface area (Å²) in [5, 5.41) is 19.9. The topological polar surface area (TPSA) is 118 Å². The highest BCUT2D eigenvalue weighted by molar-refractivity contribution is 7.97. The molecule has 11 heteroatoms. The van der Waals surface area contributed by atoms with Gasteiger partial charge in [0, 0.05) is 41.8 Å². The molecule has 2 aromatic heterocycles. The fourth-order valence-electron chi connectivity index (χ4n) is 5.48. The number of carbonyl (C=O) groups is 1. The van der Waals surface area contributed by atoms with Crippen LogP contribution in [-0.4, -0.2) is 52.0 Å². The van der Waals surface area contributed by atoms with E-state index in [1.807, 2.05) is 52.1 Å². The highest BCUT2D eigenvalue weighted by Crippen LogP contribution is 2.32. The van der Waals surface area contributed by atoms with Gasteiger partial charge in [0.2, 0.25) is 0 Å². The van der Waals surface area contributed by atoms with E-state index < -0.39 is 5.82 Å². The molecular weight excluding hydrogens is 601 g/mol. The van der Waals surface area contributed by atoms with E-state index in [2.05, 4.69) is 43.7 Å². The smallest absolute Gasteiger partial charge is 0.272 e. The Morgan fingerprint density at radius 2 is 1.93 bits per heavy atom. The zero-order chi connectivity index (χ0) is 33.1. The Morgan fingerprint density at radius 3 is 2.59 bits per heavy atom. The van der Waals surface area contributed by atoms with Crippen LogP contribution in [-0.2, 0) is 11.3 Å². The minimum Gasteiger partial charge on any atom is -0.379 e. The van der Waals surface area contributed by atoms with Gasteiger partial charge in [0.1, 0.15) is 18.2 Å². The molecule has 1 aliphatic rings. The Bertz CT molecular complexity index is 1700. The number of aldehydes is 1. The Morgan fingerprint density at radius 1 is 1.15 bits per heavy atom. The maximum absolute atomic E-state index is 14.1.